The molecule has 2 aliphatic rings. The molecule has 0 saturated carbocycles. The van der Waals surface area contributed by atoms with Crippen LogP contribution in [0.2, 0.25) is 0 Å². The van der Waals surface area contributed by atoms with Crippen LogP contribution in [0.1, 0.15) is 32.6 Å². The summed E-state index contributed by atoms with van der Waals surface area (Å²) in [6, 6.07) is 7.77. The van der Waals surface area contributed by atoms with Gasteiger partial charge in [0.1, 0.15) is 0 Å². The maximum absolute atomic E-state index is 13.0. The molecule has 2 heterocycles. The van der Waals surface area contributed by atoms with E-state index in [4.69, 9.17) is 5.73 Å². The SMILES string of the molecule is C[C@H]1CCN(C(=O)CN2CCCC[C@H]2C(N)=O)c2ccccc2S1. The molecule has 2 N–H and O–H groups in total. The van der Waals surface area contributed by atoms with E-state index in [9.17, 15) is 9.59 Å². The maximum atomic E-state index is 13.0. The van der Waals surface area contributed by atoms with Gasteiger partial charge in [-0.25, -0.2) is 0 Å². The Labute approximate surface area is 147 Å². The molecule has 6 heteroatoms. The molecule has 1 aromatic rings. The van der Waals surface area contributed by atoms with Gasteiger partial charge in [0, 0.05) is 16.7 Å². The quantitative estimate of drug-likeness (QED) is 0.911. The van der Waals surface area contributed by atoms with Crippen LogP contribution in [0.4, 0.5) is 5.69 Å². The third-order valence-corrected chi connectivity index (χ3v) is 6.06. The first-order valence-corrected chi connectivity index (χ1v) is 9.53. The number of hydrogen-bond acceptors (Lipinski definition) is 4. The molecule has 1 fully saturated rings. The van der Waals surface area contributed by atoms with Crippen LogP contribution in [-0.2, 0) is 9.59 Å². The second-order valence-corrected chi connectivity index (χ2v) is 8.09. The highest BCUT2D eigenvalue weighted by Crippen LogP contribution is 2.37. The van der Waals surface area contributed by atoms with E-state index in [1.54, 1.807) is 0 Å². The molecule has 1 saturated heterocycles. The van der Waals surface area contributed by atoms with Crippen molar-refractivity contribution in [2.45, 2.75) is 48.8 Å². The van der Waals surface area contributed by atoms with Crippen molar-refractivity contribution in [3.63, 3.8) is 0 Å². The molecular weight excluding hydrogens is 322 g/mol. The molecule has 3 rings (SSSR count). The standard InChI is InChI=1S/C18H25N3O2S/c1-13-9-11-21(14-6-2-3-8-16(14)24-13)17(22)12-20-10-5-4-7-15(20)18(19)23/h2-3,6,8,13,15H,4-5,7,9-12H2,1H3,(H2,19,23)/t13-,15-/m0/s1. The molecular formula is C18H25N3O2S. The smallest absolute Gasteiger partial charge is 0.241 e. The van der Waals surface area contributed by atoms with Crippen LogP contribution >= 0.6 is 11.8 Å². The van der Waals surface area contributed by atoms with Crippen molar-refractivity contribution in [3.05, 3.63) is 24.3 Å². The summed E-state index contributed by atoms with van der Waals surface area (Å²) in [5.41, 5.74) is 6.51. The Kier molecular flexibility index (Phi) is 5.46. The summed E-state index contributed by atoms with van der Waals surface area (Å²) < 4.78 is 0. The summed E-state index contributed by atoms with van der Waals surface area (Å²) in [6.07, 6.45) is 3.73. The van der Waals surface area contributed by atoms with Gasteiger partial charge in [0.25, 0.3) is 0 Å². The van der Waals surface area contributed by atoms with Crippen molar-refractivity contribution in [3.8, 4) is 0 Å². The van der Waals surface area contributed by atoms with Gasteiger partial charge < -0.3 is 10.6 Å². The predicted molar refractivity (Wildman–Crippen MR) is 97.1 cm³/mol. The fraction of sp³-hybridized carbons (Fsp3) is 0.556. The van der Waals surface area contributed by atoms with E-state index in [2.05, 4.69) is 13.0 Å². The molecule has 2 atom stereocenters. The van der Waals surface area contributed by atoms with Crippen LogP contribution in [0, 0.1) is 0 Å². The first-order chi connectivity index (χ1) is 11.6. The predicted octanol–water partition coefficient (Wildman–Crippen LogP) is 2.24. The van der Waals surface area contributed by atoms with E-state index in [1.807, 2.05) is 39.8 Å². The van der Waals surface area contributed by atoms with Gasteiger partial charge in [0.15, 0.2) is 0 Å². The monoisotopic (exact) mass is 347 g/mol. The second kappa shape index (κ2) is 7.57. The fourth-order valence-corrected chi connectivity index (χ4v) is 4.62. The van der Waals surface area contributed by atoms with Crippen LogP contribution in [-0.4, -0.2) is 47.6 Å². The van der Waals surface area contributed by atoms with Gasteiger partial charge in [0.2, 0.25) is 11.8 Å². The number of hydrogen-bond donors (Lipinski definition) is 1. The number of nitrogens with zero attached hydrogens (tertiary/aromatic N) is 2. The number of para-hydroxylation sites is 1. The van der Waals surface area contributed by atoms with Gasteiger partial charge >= 0.3 is 0 Å². The molecule has 2 aliphatic heterocycles. The summed E-state index contributed by atoms with van der Waals surface area (Å²) in [5.74, 6) is -0.256. The lowest BCUT2D eigenvalue weighted by atomic mass is 10.0. The lowest BCUT2D eigenvalue weighted by Crippen LogP contribution is -2.52. The van der Waals surface area contributed by atoms with Crippen molar-refractivity contribution in [2.75, 3.05) is 24.5 Å². The average molecular weight is 347 g/mol. The van der Waals surface area contributed by atoms with Crippen molar-refractivity contribution < 1.29 is 9.59 Å². The molecule has 2 amide bonds. The topological polar surface area (TPSA) is 66.6 Å². The van der Waals surface area contributed by atoms with Crippen molar-refractivity contribution in [1.29, 1.82) is 0 Å². The van der Waals surface area contributed by atoms with Gasteiger partial charge in [-0.1, -0.05) is 25.5 Å². The zero-order valence-corrected chi connectivity index (χ0v) is 14.9. The van der Waals surface area contributed by atoms with Gasteiger partial charge in [-0.2, -0.15) is 0 Å². The van der Waals surface area contributed by atoms with E-state index in [0.717, 1.165) is 49.4 Å². The normalized spacial score (nSPS) is 25.0. The molecule has 0 unspecified atom stereocenters. The summed E-state index contributed by atoms with van der Waals surface area (Å²) in [7, 11) is 0. The number of piperidine rings is 1. The first-order valence-electron chi connectivity index (χ1n) is 8.65. The highest BCUT2D eigenvalue weighted by Gasteiger charge is 2.31. The van der Waals surface area contributed by atoms with E-state index in [0.29, 0.717) is 5.25 Å². The third kappa shape index (κ3) is 3.75. The number of nitrogens with two attached hydrogens (primary N) is 1. The Bertz CT molecular complexity index is 622. The molecule has 130 valence electrons. The third-order valence-electron chi connectivity index (χ3n) is 4.82. The Morgan fingerprint density at radius 3 is 2.79 bits per heavy atom. The van der Waals surface area contributed by atoms with Crippen LogP contribution in [0.5, 0.6) is 0 Å². The molecule has 1 aromatic carbocycles. The molecule has 0 aliphatic carbocycles. The summed E-state index contributed by atoms with van der Waals surface area (Å²) in [5, 5.41) is 0.484. The van der Waals surface area contributed by atoms with Crippen LogP contribution < -0.4 is 10.6 Å². The van der Waals surface area contributed by atoms with E-state index in [-0.39, 0.29) is 24.4 Å². The highest BCUT2D eigenvalue weighted by molar-refractivity contribution is 8.00. The van der Waals surface area contributed by atoms with Gasteiger partial charge in [0.05, 0.1) is 18.3 Å². The Morgan fingerprint density at radius 1 is 1.21 bits per heavy atom. The van der Waals surface area contributed by atoms with E-state index in [1.165, 1.54) is 0 Å². The molecule has 0 aromatic heterocycles. The van der Waals surface area contributed by atoms with Crippen molar-refractivity contribution in [1.82, 2.24) is 4.90 Å². The lowest BCUT2D eigenvalue weighted by Gasteiger charge is -2.34. The van der Waals surface area contributed by atoms with Crippen molar-refractivity contribution >= 4 is 29.3 Å². The summed E-state index contributed by atoms with van der Waals surface area (Å²) >= 11 is 1.82. The molecule has 24 heavy (non-hydrogen) atoms. The molecule has 0 bridgehead atoms. The Morgan fingerprint density at radius 2 is 2.00 bits per heavy atom. The number of likely N-dealkylation sites (tertiary alicyclic amines) is 1. The minimum Gasteiger partial charge on any atom is -0.368 e. The summed E-state index contributed by atoms with van der Waals surface area (Å²) in [6.45, 7) is 3.95. The van der Waals surface area contributed by atoms with E-state index < -0.39 is 0 Å². The van der Waals surface area contributed by atoms with Gasteiger partial charge in [-0.15, -0.1) is 11.8 Å². The zero-order chi connectivity index (χ0) is 17.1. The number of carbonyl (C=O) groups excluding carboxylic acids is 2. The number of amides is 2. The highest BCUT2D eigenvalue weighted by atomic mass is 32.2. The second-order valence-electron chi connectivity index (χ2n) is 6.61. The number of carbonyl (C=O) groups is 2. The number of rotatable bonds is 3. The van der Waals surface area contributed by atoms with Gasteiger partial charge in [-0.05, 0) is 37.9 Å². The number of primary amides is 1. The van der Waals surface area contributed by atoms with E-state index >= 15 is 0 Å². The number of benzene rings is 1. The maximum Gasteiger partial charge on any atom is 0.241 e. The largest absolute Gasteiger partial charge is 0.368 e. The number of fused-ring (bicyclic) bond motifs is 1. The summed E-state index contributed by atoms with van der Waals surface area (Å²) in [4.78, 5) is 29.6. The average Bonchev–Trinajstić information content (AvgIpc) is 2.73. The minimum absolute atomic E-state index is 0.0605. The van der Waals surface area contributed by atoms with Crippen molar-refractivity contribution in [2.24, 2.45) is 5.73 Å². The minimum atomic E-state index is -0.317. The van der Waals surface area contributed by atoms with Crippen LogP contribution in [0.3, 0.4) is 0 Å². The lowest BCUT2D eigenvalue weighted by molar-refractivity contribution is -0.127. The van der Waals surface area contributed by atoms with Gasteiger partial charge in [-0.3, -0.25) is 14.5 Å². The Balaban J connectivity index is 1.78. The zero-order valence-electron chi connectivity index (χ0n) is 14.1. The molecule has 5 nitrogen and oxygen atoms in total. The van der Waals surface area contributed by atoms with Crippen LogP contribution in [0.15, 0.2) is 29.2 Å². The molecule has 0 radical (unpaired) electrons. The first kappa shape index (κ1) is 17.3. The molecule has 0 spiro atoms. The fourth-order valence-electron chi connectivity index (χ4n) is 3.51. The number of thioether (sulfide) groups is 1. The Hall–Kier alpha value is -1.53. The number of anilines is 1. The van der Waals surface area contributed by atoms with Crippen LogP contribution in [0.25, 0.3) is 0 Å².